The summed E-state index contributed by atoms with van der Waals surface area (Å²) in [6, 6.07) is 7.88. The second kappa shape index (κ2) is 6.24. The van der Waals surface area contributed by atoms with E-state index in [4.69, 9.17) is 9.47 Å². The Balaban J connectivity index is 1.80. The number of rotatable bonds is 2. The fraction of sp³-hybridized carbons (Fsp3) is 0.647. The molecule has 1 saturated heterocycles. The molecule has 2 aliphatic rings. The largest absolute Gasteiger partial charge is 0.490 e. The van der Waals surface area contributed by atoms with Gasteiger partial charge < -0.3 is 14.8 Å². The standard InChI is InChI=1S/C17H26N2O2/c1-12-11-19(13(2)10-18-12)14(3)15-5-6-16-17(9-15)21-8-4-7-20-16/h5-6,9,12-14,18H,4,7-8,10-11H2,1-3H3. The third kappa shape index (κ3) is 3.16. The summed E-state index contributed by atoms with van der Waals surface area (Å²) < 4.78 is 11.5. The van der Waals surface area contributed by atoms with Crippen LogP contribution in [-0.2, 0) is 0 Å². The van der Waals surface area contributed by atoms with Crippen molar-refractivity contribution in [1.29, 1.82) is 0 Å². The second-order valence-corrected chi connectivity index (χ2v) is 6.29. The van der Waals surface area contributed by atoms with Gasteiger partial charge in [0.15, 0.2) is 11.5 Å². The van der Waals surface area contributed by atoms with Gasteiger partial charge in [-0.05, 0) is 38.5 Å². The van der Waals surface area contributed by atoms with Gasteiger partial charge in [0.05, 0.1) is 13.2 Å². The molecule has 4 heteroatoms. The second-order valence-electron chi connectivity index (χ2n) is 6.29. The molecular formula is C17H26N2O2. The zero-order chi connectivity index (χ0) is 14.8. The first kappa shape index (κ1) is 14.7. The van der Waals surface area contributed by atoms with Gasteiger partial charge in [-0.15, -0.1) is 0 Å². The molecule has 3 atom stereocenters. The van der Waals surface area contributed by atoms with E-state index in [1.54, 1.807) is 0 Å². The van der Waals surface area contributed by atoms with Crippen LogP contribution in [0.1, 0.15) is 38.8 Å². The quantitative estimate of drug-likeness (QED) is 0.908. The van der Waals surface area contributed by atoms with Crippen molar-refractivity contribution in [2.45, 2.75) is 45.3 Å². The number of ether oxygens (including phenoxy) is 2. The Morgan fingerprint density at radius 3 is 2.76 bits per heavy atom. The molecule has 0 radical (unpaired) electrons. The van der Waals surface area contributed by atoms with Crippen molar-refractivity contribution in [1.82, 2.24) is 10.2 Å². The molecule has 0 aromatic heterocycles. The highest BCUT2D eigenvalue weighted by Crippen LogP contribution is 2.34. The average molecular weight is 290 g/mol. The number of nitrogens with one attached hydrogen (secondary N) is 1. The van der Waals surface area contributed by atoms with Crippen molar-refractivity contribution in [3.05, 3.63) is 23.8 Å². The number of hydrogen-bond acceptors (Lipinski definition) is 4. The van der Waals surface area contributed by atoms with Gasteiger partial charge in [0.1, 0.15) is 0 Å². The Hall–Kier alpha value is -1.26. The average Bonchev–Trinajstić information content (AvgIpc) is 2.73. The topological polar surface area (TPSA) is 33.7 Å². The van der Waals surface area contributed by atoms with Gasteiger partial charge in [0, 0.05) is 37.6 Å². The lowest BCUT2D eigenvalue weighted by Gasteiger charge is -2.41. The van der Waals surface area contributed by atoms with E-state index in [-0.39, 0.29) is 0 Å². The fourth-order valence-corrected chi connectivity index (χ4v) is 3.22. The van der Waals surface area contributed by atoms with E-state index in [2.05, 4.69) is 49.2 Å². The predicted molar refractivity (Wildman–Crippen MR) is 84.1 cm³/mol. The van der Waals surface area contributed by atoms with Crippen LogP contribution in [0.15, 0.2) is 18.2 Å². The van der Waals surface area contributed by atoms with Crippen molar-refractivity contribution in [2.75, 3.05) is 26.3 Å². The lowest BCUT2D eigenvalue weighted by Crippen LogP contribution is -2.54. The van der Waals surface area contributed by atoms with Crippen molar-refractivity contribution in [2.24, 2.45) is 0 Å². The van der Waals surface area contributed by atoms with Gasteiger partial charge in [0.25, 0.3) is 0 Å². The van der Waals surface area contributed by atoms with Gasteiger partial charge in [-0.1, -0.05) is 6.07 Å². The van der Waals surface area contributed by atoms with E-state index in [1.165, 1.54) is 5.56 Å². The highest BCUT2D eigenvalue weighted by atomic mass is 16.5. The normalized spacial score (nSPS) is 28.0. The molecule has 3 rings (SSSR count). The molecule has 0 saturated carbocycles. The minimum Gasteiger partial charge on any atom is -0.490 e. The van der Waals surface area contributed by atoms with Crippen LogP contribution in [0.4, 0.5) is 0 Å². The summed E-state index contributed by atoms with van der Waals surface area (Å²) in [7, 11) is 0. The van der Waals surface area contributed by atoms with Crippen molar-refractivity contribution >= 4 is 0 Å². The third-order valence-electron chi connectivity index (χ3n) is 4.56. The number of nitrogens with zero attached hydrogens (tertiary/aromatic N) is 1. The first-order valence-corrected chi connectivity index (χ1v) is 8.04. The number of hydrogen-bond donors (Lipinski definition) is 1. The van der Waals surface area contributed by atoms with Crippen LogP contribution in [0.3, 0.4) is 0 Å². The van der Waals surface area contributed by atoms with Crippen molar-refractivity contribution in [3.63, 3.8) is 0 Å². The molecule has 1 aromatic rings. The molecule has 2 heterocycles. The molecule has 3 unspecified atom stereocenters. The molecule has 1 aromatic carbocycles. The first-order chi connectivity index (χ1) is 10.1. The minimum atomic E-state index is 0.390. The minimum absolute atomic E-state index is 0.390. The molecule has 0 aliphatic carbocycles. The summed E-state index contributed by atoms with van der Waals surface area (Å²) >= 11 is 0. The molecule has 4 nitrogen and oxygen atoms in total. The maximum absolute atomic E-state index is 5.82. The first-order valence-electron chi connectivity index (χ1n) is 8.04. The molecule has 1 N–H and O–H groups in total. The number of fused-ring (bicyclic) bond motifs is 1. The third-order valence-corrected chi connectivity index (χ3v) is 4.56. The van der Waals surface area contributed by atoms with Crippen LogP contribution >= 0.6 is 0 Å². The van der Waals surface area contributed by atoms with Crippen LogP contribution in [0.5, 0.6) is 11.5 Å². The van der Waals surface area contributed by atoms with E-state index in [0.29, 0.717) is 18.1 Å². The monoisotopic (exact) mass is 290 g/mol. The summed E-state index contributed by atoms with van der Waals surface area (Å²) in [5.74, 6) is 1.78. The summed E-state index contributed by atoms with van der Waals surface area (Å²) in [5.41, 5.74) is 1.31. The zero-order valence-corrected chi connectivity index (χ0v) is 13.3. The Morgan fingerprint density at radius 2 is 1.95 bits per heavy atom. The van der Waals surface area contributed by atoms with Crippen molar-refractivity contribution < 1.29 is 9.47 Å². The summed E-state index contributed by atoms with van der Waals surface area (Å²) in [4.78, 5) is 2.57. The molecule has 0 bridgehead atoms. The summed E-state index contributed by atoms with van der Waals surface area (Å²) in [5, 5.41) is 3.54. The summed E-state index contributed by atoms with van der Waals surface area (Å²) in [6.07, 6.45) is 0.950. The smallest absolute Gasteiger partial charge is 0.161 e. The molecule has 21 heavy (non-hydrogen) atoms. The molecular weight excluding hydrogens is 264 g/mol. The number of piperazine rings is 1. The maximum atomic E-state index is 5.82. The molecule has 0 amide bonds. The summed E-state index contributed by atoms with van der Waals surface area (Å²) in [6.45, 7) is 10.4. The SMILES string of the molecule is CC1CN(C(C)c2ccc3c(c2)OCCCO3)C(C)CN1. The van der Waals surface area contributed by atoms with E-state index in [1.807, 2.05) is 0 Å². The van der Waals surface area contributed by atoms with E-state index < -0.39 is 0 Å². The lowest BCUT2D eigenvalue weighted by atomic mass is 10.0. The molecule has 1 fully saturated rings. The van der Waals surface area contributed by atoms with E-state index >= 15 is 0 Å². The highest BCUT2D eigenvalue weighted by molar-refractivity contribution is 5.44. The maximum Gasteiger partial charge on any atom is 0.161 e. The van der Waals surface area contributed by atoms with Crippen LogP contribution in [0.25, 0.3) is 0 Å². The molecule has 0 spiro atoms. The number of benzene rings is 1. The Labute approximate surface area is 127 Å². The van der Waals surface area contributed by atoms with Crippen LogP contribution in [0.2, 0.25) is 0 Å². The van der Waals surface area contributed by atoms with E-state index in [9.17, 15) is 0 Å². The predicted octanol–water partition coefficient (Wildman–Crippen LogP) is 2.59. The van der Waals surface area contributed by atoms with Crippen LogP contribution in [0, 0.1) is 0 Å². The Morgan fingerprint density at radius 1 is 1.19 bits per heavy atom. The van der Waals surface area contributed by atoms with Crippen LogP contribution in [-0.4, -0.2) is 43.3 Å². The van der Waals surface area contributed by atoms with Crippen LogP contribution < -0.4 is 14.8 Å². The van der Waals surface area contributed by atoms with Crippen molar-refractivity contribution in [3.8, 4) is 11.5 Å². The molecule has 2 aliphatic heterocycles. The highest BCUT2D eigenvalue weighted by Gasteiger charge is 2.27. The Kier molecular flexibility index (Phi) is 4.36. The van der Waals surface area contributed by atoms with Gasteiger partial charge in [-0.2, -0.15) is 0 Å². The van der Waals surface area contributed by atoms with Gasteiger partial charge in [-0.25, -0.2) is 0 Å². The fourth-order valence-electron chi connectivity index (χ4n) is 3.22. The van der Waals surface area contributed by atoms with Gasteiger partial charge >= 0.3 is 0 Å². The zero-order valence-electron chi connectivity index (χ0n) is 13.3. The van der Waals surface area contributed by atoms with Gasteiger partial charge in [0.2, 0.25) is 0 Å². The lowest BCUT2D eigenvalue weighted by molar-refractivity contribution is 0.103. The Bertz CT molecular complexity index is 492. The van der Waals surface area contributed by atoms with E-state index in [0.717, 1.165) is 44.2 Å². The molecule has 116 valence electrons. The van der Waals surface area contributed by atoms with Gasteiger partial charge in [-0.3, -0.25) is 4.90 Å².